The normalized spacial score (nSPS) is 25.4. The van der Waals surface area contributed by atoms with Crippen LogP contribution in [0.4, 0.5) is 5.69 Å². The third-order valence-corrected chi connectivity index (χ3v) is 11.0. The maximum Gasteiger partial charge on any atom is 0.338 e. The highest BCUT2D eigenvalue weighted by Gasteiger charge is 2.55. The van der Waals surface area contributed by atoms with Crippen LogP contribution in [0.15, 0.2) is 58.4 Å². The first-order valence-electron chi connectivity index (χ1n) is 12.7. The fourth-order valence-corrected chi connectivity index (χ4v) is 9.66. The second-order valence-corrected chi connectivity index (χ2v) is 12.6. The number of carbonyl (C=O) groups is 2. The van der Waals surface area contributed by atoms with E-state index in [4.69, 9.17) is 16.3 Å². The lowest BCUT2D eigenvalue weighted by Gasteiger charge is -2.40. The minimum Gasteiger partial charge on any atom is -0.462 e. The summed E-state index contributed by atoms with van der Waals surface area (Å²) in [6, 6.07) is 14.6. The van der Waals surface area contributed by atoms with Crippen molar-refractivity contribution in [2.75, 3.05) is 11.9 Å². The van der Waals surface area contributed by atoms with Gasteiger partial charge in [0.15, 0.2) is 0 Å². The van der Waals surface area contributed by atoms with E-state index < -0.39 is 5.97 Å². The lowest BCUT2D eigenvalue weighted by Crippen LogP contribution is -2.34. The molecular weight excluding hydrogens is 528 g/mol. The number of amides is 1. The second kappa shape index (κ2) is 9.97. The molecule has 1 amide bonds. The smallest absolute Gasteiger partial charge is 0.338 e. The van der Waals surface area contributed by atoms with Gasteiger partial charge in [-0.2, -0.15) is 0 Å². The summed E-state index contributed by atoms with van der Waals surface area (Å²) in [5.41, 5.74) is 2.19. The maximum absolute atomic E-state index is 13.2. The van der Waals surface area contributed by atoms with E-state index in [-0.39, 0.29) is 23.2 Å². The number of ether oxygens (including phenoxy) is 1. The van der Waals surface area contributed by atoms with Gasteiger partial charge >= 0.3 is 10.8 Å². The van der Waals surface area contributed by atoms with Crippen LogP contribution in [0.2, 0.25) is 5.02 Å². The van der Waals surface area contributed by atoms with Crippen molar-refractivity contribution >= 4 is 52.3 Å². The Morgan fingerprint density at radius 1 is 1.08 bits per heavy atom. The highest BCUT2D eigenvalue weighted by molar-refractivity contribution is 8.00. The van der Waals surface area contributed by atoms with Crippen LogP contribution in [-0.2, 0) is 16.1 Å². The molecular formula is C28H27ClN2O4S2. The van der Waals surface area contributed by atoms with Gasteiger partial charge in [0, 0.05) is 26.8 Å². The number of aromatic nitrogens is 1. The van der Waals surface area contributed by atoms with Gasteiger partial charge in [-0.3, -0.25) is 14.2 Å². The monoisotopic (exact) mass is 554 g/mol. The first kappa shape index (κ1) is 24.8. The van der Waals surface area contributed by atoms with Gasteiger partial charge in [-0.05, 0) is 85.9 Å². The van der Waals surface area contributed by atoms with E-state index in [1.165, 1.54) is 36.2 Å². The molecule has 3 aliphatic rings. The van der Waals surface area contributed by atoms with Crippen LogP contribution in [0.5, 0.6) is 0 Å². The zero-order valence-electron chi connectivity index (χ0n) is 20.3. The van der Waals surface area contributed by atoms with E-state index in [2.05, 4.69) is 17.4 Å². The summed E-state index contributed by atoms with van der Waals surface area (Å²) in [7, 11) is 0. The molecule has 192 valence electrons. The van der Waals surface area contributed by atoms with Gasteiger partial charge < -0.3 is 10.1 Å². The van der Waals surface area contributed by atoms with Gasteiger partial charge in [-0.1, -0.05) is 35.1 Å². The number of carbonyl (C=O) groups excluding carboxylic acids is 2. The quantitative estimate of drug-likeness (QED) is 0.376. The number of fused-ring (bicyclic) bond motifs is 6. The number of esters is 1. The standard InChI is InChI=1S/C28H27ClN2O4S2/c1-2-35-27(33)16-7-11-20(12-8-16)30-21(32)14-31-26-25(37-28(31)34)22(15-5-9-19(29)10-6-15)23-17-3-4-18(13-17)24(23)36-26/h5-12,17-18,22-24H,2-4,13-14H2,1H3,(H,30,32). The molecule has 2 fully saturated rings. The summed E-state index contributed by atoms with van der Waals surface area (Å²) >= 11 is 9.29. The number of halogens is 1. The predicted molar refractivity (Wildman–Crippen MR) is 147 cm³/mol. The molecule has 5 unspecified atom stereocenters. The third kappa shape index (κ3) is 4.53. The summed E-state index contributed by atoms with van der Waals surface area (Å²) in [6.45, 7) is 2.01. The summed E-state index contributed by atoms with van der Waals surface area (Å²) in [6.07, 6.45) is 3.77. The van der Waals surface area contributed by atoms with E-state index >= 15 is 0 Å². The number of nitrogens with one attached hydrogen (secondary N) is 1. The van der Waals surface area contributed by atoms with Crippen molar-refractivity contribution in [1.29, 1.82) is 0 Å². The Kier molecular flexibility index (Phi) is 6.67. The number of anilines is 1. The van der Waals surface area contributed by atoms with Crippen molar-refractivity contribution in [3.63, 3.8) is 0 Å². The van der Waals surface area contributed by atoms with Crippen LogP contribution in [0.3, 0.4) is 0 Å². The molecule has 2 heterocycles. The third-order valence-electron chi connectivity index (χ3n) is 7.90. The summed E-state index contributed by atoms with van der Waals surface area (Å²) < 4.78 is 6.66. The van der Waals surface area contributed by atoms with Crippen molar-refractivity contribution in [3.05, 3.63) is 79.2 Å². The molecule has 0 radical (unpaired) electrons. The average molecular weight is 555 g/mol. The molecule has 9 heteroatoms. The molecule has 37 heavy (non-hydrogen) atoms. The summed E-state index contributed by atoms with van der Waals surface area (Å²) in [5.74, 6) is 1.34. The number of hydrogen-bond donors (Lipinski definition) is 1. The molecule has 2 bridgehead atoms. The van der Waals surface area contributed by atoms with Gasteiger partial charge in [-0.25, -0.2) is 4.79 Å². The number of benzene rings is 2. The van der Waals surface area contributed by atoms with Crippen molar-refractivity contribution in [3.8, 4) is 0 Å². The number of rotatable bonds is 6. The molecule has 0 spiro atoms. The SMILES string of the molecule is CCOC(=O)c1ccc(NC(=O)Cn2c3c(sc2=O)C(c2ccc(Cl)cc2)C2C4CCC(C4)C2S3)cc1. The minimum absolute atomic E-state index is 0.0455. The van der Waals surface area contributed by atoms with Crippen LogP contribution in [0.25, 0.3) is 0 Å². The lowest BCUT2D eigenvalue weighted by molar-refractivity contribution is -0.116. The number of thiazole rings is 1. The van der Waals surface area contributed by atoms with Crippen LogP contribution in [0.1, 0.15) is 52.9 Å². The molecule has 6 nitrogen and oxygen atoms in total. The van der Waals surface area contributed by atoms with Crippen LogP contribution < -0.4 is 10.2 Å². The highest BCUT2D eigenvalue weighted by Crippen LogP contribution is 2.64. The molecule has 1 aliphatic heterocycles. The average Bonchev–Trinajstić information content (AvgIpc) is 3.58. The summed E-state index contributed by atoms with van der Waals surface area (Å²) in [5, 5.41) is 4.97. The van der Waals surface area contributed by atoms with E-state index in [0.29, 0.717) is 45.9 Å². The van der Waals surface area contributed by atoms with E-state index in [9.17, 15) is 14.4 Å². The van der Waals surface area contributed by atoms with Gasteiger partial charge in [0.25, 0.3) is 0 Å². The fourth-order valence-electron chi connectivity index (χ4n) is 6.38. The maximum atomic E-state index is 13.2. The molecule has 0 saturated heterocycles. The molecule has 1 N–H and O–H groups in total. The Labute approximate surface area is 228 Å². The van der Waals surface area contributed by atoms with E-state index in [1.54, 1.807) is 35.8 Å². The number of thioether (sulfide) groups is 1. The van der Waals surface area contributed by atoms with Crippen LogP contribution in [-0.4, -0.2) is 28.3 Å². The summed E-state index contributed by atoms with van der Waals surface area (Å²) in [4.78, 5) is 39.1. The first-order valence-corrected chi connectivity index (χ1v) is 14.7. The van der Waals surface area contributed by atoms with Gasteiger partial charge in [-0.15, -0.1) is 11.8 Å². The second-order valence-electron chi connectivity index (χ2n) is 9.99. The van der Waals surface area contributed by atoms with Crippen LogP contribution >= 0.6 is 34.7 Å². The molecule has 2 aliphatic carbocycles. The minimum atomic E-state index is -0.400. The Morgan fingerprint density at radius 3 is 2.54 bits per heavy atom. The molecule has 3 aromatic rings. The molecule has 5 atom stereocenters. The van der Waals surface area contributed by atoms with Crippen molar-refractivity contribution in [2.24, 2.45) is 17.8 Å². The van der Waals surface area contributed by atoms with Gasteiger partial charge in [0.05, 0.1) is 17.2 Å². The Morgan fingerprint density at radius 2 is 1.81 bits per heavy atom. The van der Waals surface area contributed by atoms with E-state index in [0.717, 1.165) is 9.90 Å². The van der Waals surface area contributed by atoms with Gasteiger partial charge in [0.1, 0.15) is 6.54 Å². The molecule has 6 rings (SSSR count). The topological polar surface area (TPSA) is 77.4 Å². The van der Waals surface area contributed by atoms with Gasteiger partial charge in [0.2, 0.25) is 5.91 Å². The molecule has 2 saturated carbocycles. The number of nitrogens with zero attached hydrogens (tertiary/aromatic N) is 1. The Bertz CT molecular complexity index is 1400. The highest BCUT2D eigenvalue weighted by atomic mass is 35.5. The van der Waals surface area contributed by atoms with E-state index in [1.807, 2.05) is 23.9 Å². The Balaban J connectivity index is 1.27. The first-order chi connectivity index (χ1) is 17.9. The Hall–Kier alpha value is -2.55. The molecule has 2 aromatic carbocycles. The molecule has 1 aromatic heterocycles. The van der Waals surface area contributed by atoms with Crippen LogP contribution in [0, 0.1) is 17.8 Å². The van der Waals surface area contributed by atoms with Crippen molar-refractivity contribution < 1.29 is 14.3 Å². The predicted octanol–water partition coefficient (Wildman–Crippen LogP) is 6.03. The largest absolute Gasteiger partial charge is 0.462 e. The van der Waals surface area contributed by atoms with Crippen molar-refractivity contribution in [1.82, 2.24) is 4.57 Å². The van der Waals surface area contributed by atoms with Crippen molar-refractivity contribution in [2.45, 2.75) is 48.9 Å². The zero-order chi connectivity index (χ0) is 25.7. The zero-order valence-corrected chi connectivity index (χ0v) is 22.7. The fraction of sp³-hybridized carbons (Fsp3) is 0.393. The number of hydrogen-bond acceptors (Lipinski definition) is 6. The lowest BCUT2D eigenvalue weighted by atomic mass is 9.75.